The Hall–Kier alpha value is -1.60. The maximum absolute atomic E-state index is 8.92. The third-order valence-corrected chi connectivity index (χ3v) is 4.72. The maximum Gasteiger partial charge on any atom is 0.0434 e. The van der Waals surface area contributed by atoms with E-state index in [2.05, 4.69) is 62.4 Å². The SMILES string of the molecule is CCCCc1ccccc1CC(C)Cc1ccc(CCCO)cc1. The molecule has 0 aromatic heterocycles. The molecule has 2 aromatic carbocycles. The van der Waals surface area contributed by atoms with Crippen molar-refractivity contribution in [3.8, 4) is 0 Å². The van der Waals surface area contributed by atoms with Crippen LogP contribution >= 0.6 is 0 Å². The molecule has 1 unspecified atom stereocenters. The Morgan fingerprint density at radius 1 is 0.792 bits per heavy atom. The van der Waals surface area contributed by atoms with Gasteiger partial charge in [0, 0.05) is 6.61 Å². The van der Waals surface area contributed by atoms with E-state index in [1.165, 1.54) is 41.5 Å². The van der Waals surface area contributed by atoms with E-state index in [0.29, 0.717) is 5.92 Å². The van der Waals surface area contributed by atoms with Crippen LogP contribution in [0.15, 0.2) is 48.5 Å². The van der Waals surface area contributed by atoms with Crippen molar-refractivity contribution in [2.24, 2.45) is 5.92 Å². The number of rotatable bonds is 10. The van der Waals surface area contributed by atoms with Gasteiger partial charge in [-0.1, -0.05) is 68.8 Å². The fourth-order valence-corrected chi connectivity index (χ4v) is 3.34. The van der Waals surface area contributed by atoms with Crippen molar-refractivity contribution in [2.45, 2.75) is 58.8 Å². The topological polar surface area (TPSA) is 20.2 Å². The quantitative estimate of drug-likeness (QED) is 0.622. The molecule has 0 amide bonds. The van der Waals surface area contributed by atoms with E-state index in [-0.39, 0.29) is 6.61 Å². The second kappa shape index (κ2) is 10.3. The third-order valence-electron chi connectivity index (χ3n) is 4.72. The predicted molar refractivity (Wildman–Crippen MR) is 103 cm³/mol. The first-order valence-corrected chi connectivity index (χ1v) is 9.48. The highest BCUT2D eigenvalue weighted by Gasteiger charge is 2.08. The Morgan fingerprint density at radius 3 is 2.12 bits per heavy atom. The minimum Gasteiger partial charge on any atom is -0.396 e. The summed E-state index contributed by atoms with van der Waals surface area (Å²) in [6, 6.07) is 17.9. The molecule has 2 rings (SSSR count). The van der Waals surface area contributed by atoms with Gasteiger partial charge in [0.2, 0.25) is 0 Å². The zero-order chi connectivity index (χ0) is 17.2. The van der Waals surface area contributed by atoms with Crippen molar-refractivity contribution in [1.82, 2.24) is 0 Å². The fraction of sp³-hybridized carbons (Fsp3) is 0.478. The van der Waals surface area contributed by atoms with Crippen LogP contribution in [0.2, 0.25) is 0 Å². The average molecular weight is 325 g/mol. The van der Waals surface area contributed by atoms with Crippen LogP contribution in [0.4, 0.5) is 0 Å². The van der Waals surface area contributed by atoms with Crippen LogP contribution in [-0.2, 0) is 25.7 Å². The zero-order valence-corrected chi connectivity index (χ0v) is 15.3. The lowest BCUT2D eigenvalue weighted by atomic mass is 9.90. The van der Waals surface area contributed by atoms with Gasteiger partial charge in [0.1, 0.15) is 0 Å². The van der Waals surface area contributed by atoms with Gasteiger partial charge in [0.05, 0.1) is 0 Å². The average Bonchev–Trinajstić information content (AvgIpc) is 2.60. The van der Waals surface area contributed by atoms with E-state index in [4.69, 9.17) is 5.11 Å². The van der Waals surface area contributed by atoms with E-state index in [0.717, 1.165) is 25.7 Å². The number of hydrogen-bond donors (Lipinski definition) is 1. The molecular formula is C23H32O. The van der Waals surface area contributed by atoms with E-state index < -0.39 is 0 Å². The molecule has 0 heterocycles. The summed E-state index contributed by atoms with van der Waals surface area (Å²) in [5.74, 6) is 0.649. The van der Waals surface area contributed by atoms with Crippen LogP contribution in [0.1, 0.15) is 55.4 Å². The molecule has 0 saturated carbocycles. The van der Waals surface area contributed by atoms with Gasteiger partial charge in [-0.2, -0.15) is 0 Å². The molecule has 130 valence electrons. The highest BCUT2D eigenvalue weighted by molar-refractivity contribution is 5.28. The van der Waals surface area contributed by atoms with Crippen molar-refractivity contribution in [2.75, 3.05) is 6.61 Å². The molecule has 24 heavy (non-hydrogen) atoms. The Morgan fingerprint density at radius 2 is 1.46 bits per heavy atom. The molecule has 2 aromatic rings. The minimum atomic E-state index is 0.274. The van der Waals surface area contributed by atoms with Crippen LogP contribution in [0, 0.1) is 5.92 Å². The first kappa shape index (κ1) is 18.7. The van der Waals surface area contributed by atoms with E-state index in [1.54, 1.807) is 0 Å². The molecule has 0 spiro atoms. The Labute approximate surface area is 147 Å². The van der Waals surface area contributed by atoms with Crippen molar-refractivity contribution < 1.29 is 5.11 Å². The van der Waals surface area contributed by atoms with Gasteiger partial charge in [-0.3, -0.25) is 0 Å². The van der Waals surface area contributed by atoms with Crippen molar-refractivity contribution in [3.63, 3.8) is 0 Å². The molecule has 0 radical (unpaired) electrons. The number of unbranched alkanes of at least 4 members (excludes halogenated alkanes) is 1. The second-order valence-electron chi connectivity index (χ2n) is 7.03. The van der Waals surface area contributed by atoms with Gasteiger partial charge in [-0.25, -0.2) is 0 Å². The third kappa shape index (κ3) is 6.13. The highest BCUT2D eigenvalue weighted by Crippen LogP contribution is 2.19. The predicted octanol–water partition coefficient (Wildman–Crippen LogP) is 5.38. The van der Waals surface area contributed by atoms with Crippen LogP contribution in [0.3, 0.4) is 0 Å². The number of hydrogen-bond acceptors (Lipinski definition) is 1. The molecule has 0 aliphatic heterocycles. The van der Waals surface area contributed by atoms with Gasteiger partial charge >= 0.3 is 0 Å². The van der Waals surface area contributed by atoms with E-state index in [9.17, 15) is 0 Å². The number of benzene rings is 2. The fourth-order valence-electron chi connectivity index (χ4n) is 3.34. The molecule has 1 heteroatoms. The summed E-state index contributed by atoms with van der Waals surface area (Å²) < 4.78 is 0. The lowest BCUT2D eigenvalue weighted by Crippen LogP contribution is -2.06. The molecule has 0 bridgehead atoms. The summed E-state index contributed by atoms with van der Waals surface area (Å²) in [6.45, 7) is 4.89. The molecule has 1 nitrogen and oxygen atoms in total. The van der Waals surface area contributed by atoms with Crippen LogP contribution in [0.25, 0.3) is 0 Å². The second-order valence-corrected chi connectivity index (χ2v) is 7.03. The summed E-state index contributed by atoms with van der Waals surface area (Å²) in [4.78, 5) is 0. The van der Waals surface area contributed by atoms with E-state index in [1.807, 2.05) is 0 Å². The highest BCUT2D eigenvalue weighted by atomic mass is 16.2. The van der Waals surface area contributed by atoms with Crippen molar-refractivity contribution >= 4 is 0 Å². The first-order valence-electron chi connectivity index (χ1n) is 9.48. The number of aliphatic hydroxyl groups excluding tert-OH is 1. The summed E-state index contributed by atoms with van der Waals surface area (Å²) in [7, 11) is 0. The Balaban J connectivity index is 1.92. The number of aryl methyl sites for hydroxylation is 2. The van der Waals surface area contributed by atoms with Gasteiger partial charge < -0.3 is 5.11 Å². The molecule has 0 saturated heterocycles. The van der Waals surface area contributed by atoms with Crippen molar-refractivity contribution in [1.29, 1.82) is 0 Å². The molecular weight excluding hydrogens is 292 g/mol. The maximum atomic E-state index is 8.92. The van der Waals surface area contributed by atoms with Gasteiger partial charge in [-0.15, -0.1) is 0 Å². The molecule has 0 aliphatic rings. The van der Waals surface area contributed by atoms with Crippen LogP contribution < -0.4 is 0 Å². The first-order chi connectivity index (χ1) is 11.7. The monoisotopic (exact) mass is 324 g/mol. The standard InChI is InChI=1S/C23H32O/c1-3-4-9-22-10-5-6-11-23(22)18-19(2)17-21-14-12-20(13-15-21)8-7-16-24/h5-6,10-15,19,24H,3-4,7-9,16-18H2,1-2H3. The zero-order valence-electron chi connectivity index (χ0n) is 15.3. The smallest absolute Gasteiger partial charge is 0.0434 e. The molecule has 1 N–H and O–H groups in total. The normalized spacial score (nSPS) is 12.3. The van der Waals surface area contributed by atoms with Crippen molar-refractivity contribution in [3.05, 3.63) is 70.8 Å². The van der Waals surface area contributed by atoms with Crippen LogP contribution in [0.5, 0.6) is 0 Å². The number of aliphatic hydroxyl groups is 1. The van der Waals surface area contributed by atoms with Gasteiger partial charge in [0.15, 0.2) is 0 Å². The van der Waals surface area contributed by atoms with Crippen LogP contribution in [-0.4, -0.2) is 11.7 Å². The summed E-state index contributed by atoms with van der Waals surface area (Å²) >= 11 is 0. The summed E-state index contributed by atoms with van der Waals surface area (Å²) in [5.41, 5.74) is 5.80. The van der Waals surface area contributed by atoms with E-state index >= 15 is 0 Å². The molecule has 1 atom stereocenters. The summed E-state index contributed by atoms with van der Waals surface area (Å²) in [5, 5.41) is 8.92. The van der Waals surface area contributed by atoms with Gasteiger partial charge in [-0.05, 0) is 66.7 Å². The largest absolute Gasteiger partial charge is 0.396 e. The molecule has 0 aliphatic carbocycles. The van der Waals surface area contributed by atoms with Gasteiger partial charge in [0.25, 0.3) is 0 Å². The summed E-state index contributed by atoms with van der Waals surface area (Å²) in [6.07, 6.45) is 7.85. The minimum absolute atomic E-state index is 0.274. The Bertz CT molecular complexity index is 585. The lowest BCUT2D eigenvalue weighted by Gasteiger charge is -2.15. The lowest BCUT2D eigenvalue weighted by molar-refractivity contribution is 0.288. The molecule has 0 fully saturated rings. The Kier molecular flexibility index (Phi) is 8.04.